The van der Waals surface area contributed by atoms with Crippen molar-refractivity contribution >= 4 is 23.4 Å². The van der Waals surface area contributed by atoms with Crippen molar-refractivity contribution in [1.29, 1.82) is 5.26 Å². The monoisotopic (exact) mass is 431 g/mol. The number of nitrogens with zero attached hydrogens (tertiary/aromatic N) is 1. The molecule has 0 aromatic heterocycles. The van der Waals surface area contributed by atoms with Crippen LogP contribution >= 0.6 is 0 Å². The van der Waals surface area contributed by atoms with Crippen LogP contribution in [-0.4, -0.2) is 18.3 Å². The van der Waals surface area contributed by atoms with E-state index in [2.05, 4.69) is 94.4 Å². The van der Waals surface area contributed by atoms with Crippen molar-refractivity contribution < 1.29 is 9.31 Å². The highest BCUT2D eigenvalue weighted by Gasteiger charge is 2.52. The predicted octanol–water partition coefficient (Wildman–Crippen LogP) is 6.34. The third kappa shape index (κ3) is 3.74. The number of rotatable bonds is 3. The first kappa shape index (κ1) is 21.5. The molecular formula is C29H26BNO2. The first-order valence-corrected chi connectivity index (χ1v) is 11.3. The lowest BCUT2D eigenvalue weighted by Crippen LogP contribution is -2.41. The van der Waals surface area contributed by atoms with E-state index in [0.717, 1.165) is 38.5 Å². The van der Waals surface area contributed by atoms with Crippen molar-refractivity contribution in [3.05, 3.63) is 90.5 Å². The Morgan fingerprint density at radius 2 is 1.30 bits per heavy atom. The zero-order valence-corrected chi connectivity index (χ0v) is 19.4. The van der Waals surface area contributed by atoms with E-state index >= 15 is 0 Å². The second-order valence-electron chi connectivity index (χ2n) is 9.61. The van der Waals surface area contributed by atoms with Gasteiger partial charge in [0.15, 0.2) is 0 Å². The highest BCUT2D eigenvalue weighted by atomic mass is 16.7. The third-order valence-electron chi connectivity index (χ3n) is 6.98. The molecule has 1 fully saturated rings. The smallest absolute Gasteiger partial charge is 0.399 e. The van der Waals surface area contributed by atoms with Crippen LogP contribution in [0.3, 0.4) is 0 Å². The van der Waals surface area contributed by atoms with E-state index in [-0.39, 0.29) is 11.2 Å². The van der Waals surface area contributed by atoms with Gasteiger partial charge in [0.05, 0.1) is 22.8 Å². The number of nitriles is 1. The summed E-state index contributed by atoms with van der Waals surface area (Å²) < 4.78 is 12.6. The molecule has 0 radical (unpaired) electrons. The summed E-state index contributed by atoms with van der Waals surface area (Å²) in [4.78, 5) is 0. The van der Waals surface area contributed by atoms with Gasteiger partial charge >= 0.3 is 7.12 Å². The fraction of sp³-hybridized carbons (Fsp3) is 0.207. The van der Waals surface area contributed by atoms with Gasteiger partial charge < -0.3 is 9.31 Å². The van der Waals surface area contributed by atoms with Crippen molar-refractivity contribution in [3.8, 4) is 28.3 Å². The summed E-state index contributed by atoms with van der Waals surface area (Å²) in [6.07, 6.45) is 0. The Morgan fingerprint density at radius 1 is 0.697 bits per heavy atom. The van der Waals surface area contributed by atoms with Crippen LogP contribution in [0.2, 0.25) is 0 Å². The Balaban J connectivity index is 1.57. The highest BCUT2D eigenvalue weighted by molar-refractivity contribution is 6.65. The van der Waals surface area contributed by atoms with Crippen molar-refractivity contribution in [3.63, 3.8) is 0 Å². The summed E-state index contributed by atoms with van der Waals surface area (Å²) in [7, 11) is -0.393. The standard InChI is InChI=1S/C29H26BNO2/c1-28(2)29(3,4)33-30(32-28)27-11-7-8-22-18-23(16-17-26(22)27)25-10-6-5-9-24(25)21-14-12-20(19-31)13-15-21/h5-18H,1-4H3. The maximum absolute atomic E-state index is 9.12. The molecule has 0 N–H and O–H groups in total. The molecule has 162 valence electrons. The quantitative estimate of drug-likeness (QED) is 0.355. The molecular weight excluding hydrogens is 405 g/mol. The minimum atomic E-state index is -0.393. The van der Waals surface area contributed by atoms with Gasteiger partial charge in [-0.25, -0.2) is 0 Å². The lowest BCUT2D eigenvalue weighted by molar-refractivity contribution is 0.00578. The normalized spacial score (nSPS) is 16.6. The van der Waals surface area contributed by atoms with Crippen LogP contribution < -0.4 is 5.46 Å². The zero-order chi connectivity index (χ0) is 23.2. The fourth-order valence-corrected chi connectivity index (χ4v) is 4.36. The van der Waals surface area contributed by atoms with Crippen molar-refractivity contribution in [2.24, 2.45) is 0 Å². The lowest BCUT2D eigenvalue weighted by atomic mass is 9.76. The molecule has 1 saturated heterocycles. The molecule has 0 bridgehead atoms. The molecule has 0 atom stereocenters. The van der Waals surface area contributed by atoms with Gasteiger partial charge in [-0.15, -0.1) is 0 Å². The summed E-state index contributed by atoms with van der Waals surface area (Å²) in [5.74, 6) is 0. The van der Waals surface area contributed by atoms with Crippen molar-refractivity contribution in [1.82, 2.24) is 0 Å². The molecule has 1 heterocycles. The zero-order valence-electron chi connectivity index (χ0n) is 19.4. The van der Waals surface area contributed by atoms with E-state index in [0.29, 0.717) is 5.56 Å². The molecule has 0 saturated carbocycles. The van der Waals surface area contributed by atoms with Gasteiger partial charge in [0.2, 0.25) is 0 Å². The van der Waals surface area contributed by atoms with Gasteiger partial charge in [-0.2, -0.15) is 5.26 Å². The molecule has 0 unspecified atom stereocenters. The van der Waals surface area contributed by atoms with Crippen LogP contribution in [0.5, 0.6) is 0 Å². The van der Waals surface area contributed by atoms with Crippen LogP contribution in [0.15, 0.2) is 84.9 Å². The van der Waals surface area contributed by atoms with Crippen molar-refractivity contribution in [2.45, 2.75) is 38.9 Å². The number of benzene rings is 4. The minimum absolute atomic E-state index is 0.375. The Labute approximate surface area is 195 Å². The summed E-state index contributed by atoms with van der Waals surface area (Å²) in [5.41, 5.74) is 5.51. The molecule has 4 heteroatoms. The van der Waals surface area contributed by atoms with Crippen LogP contribution in [0, 0.1) is 11.3 Å². The average Bonchev–Trinajstić information content (AvgIpc) is 3.05. The van der Waals surface area contributed by atoms with Gasteiger partial charge in [0.1, 0.15) is 0 Å². The third-order valence-corrected chi connectivity index (χ3v) is 6.98. The van der Waals surface area contributed by atoms with E-state index in [9.17, 15) is 0 Å². The molecule has 4 aromatic rings. The SMILES string of the molecule is CC1(C)OB(c2cccc3cc(-c4ccccc4-c4ccc(C#N)cc4)ccc23)OC1(C)C. The largest absolute Gasteiger partial charge is 0.495 e. The Hall–Kier alpha value is -3.39. The molecule has 5 rings (SSSR count). The molecule has 4 aromatic carbocycles. The van der Waals surface area contributed by atoms with Crippen LogP contribution in [-0.2, 0) is 9.31 Å². The summed E-state index contributed by atoms with van der Waals surface area (Å²) >= 11 is 0. The number of fused-ring (bicyclic) bond motifs is 1. The maximum atomic E-state index is 9.12. The number of hydrogen-bond acceptors (Lipinski definition) is 3. The fourth-order valence-electron chi connectivity index (χ4n) is 4.36. The van der Waals surface area contributed by atoms with Crippen LogP contribution in [0.4, 0.5) is 0 Å². The highest BCUT2D eigenvalue weighted by Crippen LogP contribution is 2.38. The summed E-state index contributed by atoms with van der Waals surface area (Å²) in [5, 5.41) is 11.4. The molecule has 0 aliphatic carbocycles. The Bertz CT molecular complexity index is 1370. The van der Waals surface area contributed by atoms with Gasteiger partial charge in [0.25, 0.3) is 0 Å². The second-order valence-corrected chi connectivity index (χ2v) is 9.61. The molecule has 3 nitrogen and oxygen atoms in total. The first-order chi connectivity index (χ1) is 15.8. The Morgan fingerprint density at radius 3 is 1.94 bits per heavy atom. The average molecular weight is 431 g/mol. The van der Waals surface area contributed by atoms with Crippen LogP contribution in [0.25, 0.3) is 33.0 Å². The van der Waals surface area contributed by atoms with Gasteiger partial charge in [-0.1, -0.05) is 66.7 Å². The number of hydrogen-bond donors (Lipinski definition) is 0. The molecule has 1 aliphatic heterocycles. The topological polar surface area (TPSA) is 42.2 Å². The Kier molecular flexibility index (Phi) is 5.13. The van der Waals surface area contributed by atoms with Crippen LogP contribution in [0.1, 0.15) is 33.3 Å². The lowest BCUT2D eigenvalue weighted by Gasteiger charge is -2.32. The molecule has 33 heavy (non-hydrogen) atoms. The van der Waals surface area contributed by atoms with Gasteiger partial charge in [-0.05, 0) is 84.4 Å². The van der Waals surface area contributed by atoms with E-state index in [1.807, 2.05) is 24.3 Å². The minimum Gasteiger partial charge on any atom is -0.399 e. The van der Waals surface area contributed by atoms with Gasteiger partial charge in [0, 0.05) is 0 Å². The van der Waals surface area contributed by atoms with E-state index in [1.54, 1.807) is 0 Å². The van der Waals surface area contributed by atoms with E-state index in [4.69, 9.17) is 14.6 Å². The van der Waals surface area contributed by atoms with E-state index in [1.165, 1.54) is 0 Å². The maximum Gasteiger partial charge on any atom is 0.495 e. The predicted molar refractivity (Wildman–Crippen MR) is 135 cm³/mol. The first-order valence-electron chi connectivity index (χ1n) is 11.3. The molecule has 1 aliphatic rings. The second kappa shape index (κ2) is 7.88. The van der Waals surface area contributed by atoms with Crippen molar-refractivity contribution in [2.75, 3.05) is 0 Å². The molecule has 0 amide bonds. The van der Waals surface area contributed by atoms with E-state index < -0.39 is 7.12 Å². The molecule has 0 spiro atoms. The van der Waals surface area contributed by atoms with Gasteiger partial charge in [-0.3, -0.25) is 0 Å². The summed E-state index contributed by atoms with van der Waals surface area (Å²) in [6, 6.07) is 31.2. The summed E-state index contributed by atoms with van der Waals surface area (Å²) in [6.45, 7) is 8.32.